The van der Waals surface area contributed by atoms with Crippen molar-refractivity contribution in [2.45, 2.75) is 25.9 Å². The molecule has 6 heteroatoms. The molecule has 112 valence electrons. The molecule has 5 nitrogen and oxygen atoms in total. The minimum Gasteiger partial charge on any atom is -0.335 e. The zero-order valence-corrected chi connectivity index (χ0v) is 12.9. The molecule has 1 saturated heterocycles. The average Bonchev–Trinajstić information content (AvgIpc) is 2.45. The highest BCUT2D eigenvalue weighted by atomic mass is 35.5. The number of aromatic nitrogens is 2. The van der Waals surface area contributed by atoms with E-state index in [0.29, 0.717) is 23.2 Å². The highest BCUT2D eigenvalue weighted by Gasteiger charge is 2.26. The van der Waals surface area contributed by atoms with Crippen molar-refractivity contribution in [1.29, 1.82) is 0 Å². The van der Waals surface area contributed by atoms with Gasteiger partial charge < -0.3 is 10.2 Å². The van der Waals surface area contributed by atoms with Gasteiger partial charge in [0.2, 0.25) is 0 Å². The van der Waals surface area contributed by atoms with Crippen LogP contribution in [0.1, 0.15) is 24.2 Å². The zero-order chi connectivity index (χ0) is 14.1. The Morgan fingerprint density at radius 3 is 2.57 bits per heavy atom. The molecule has 21 heavy (non-hydrogen) atoms. The number of carbonyl (C=O) groups is 1. The predicted molar refractivity (Wildman–Crippen MR) is 84.7 cm³/mol. The van der Waals surface area contributed by atoms with E-state index >= 15 is 0 Å². The number of halogens is 1. The van der Waals surface area contributed by atoms with E-state index in [2.05, 4.69) is 29.1 Å². The Bertz CT molecular complexity index is 633. The number of fused-ring (bicyclic) bond motifs is 1. The van der Waals surface area contributed by atoms with E-state index in [-0.39, 0.29) is 18.3 Å². The summed E-state index contributed by atoms with van der Waals surface area (Å²) in [5.41, 5.74) is 2.07. The second-order valence-corrected chi connectivity index (χ2v) is 5.41. The first kappa shape index (κ1) is 15.7. The molecule has 2 aromatic rings. The number of hydrogen-bond donors (Lipinski definition) is 1. The summed E-state index contributed by atoms with van der Waals surface area (Å²) in [5, 5.41) is 3.43. The summed E-state index contributed by atoms with van der Waals surface area (Å²) in [6, 6.07) is 6.19. The van der Waals surface area contributed by atoms with E-state index in [0.717, 1.165) is 18.6 Å². The quantitative estimate of drug-likeness (QED) is 0.874. The van der Waals surface area contributed by atoms with Gasteiger partial charge in [-0.05, 0) is 26.0 Å². The van der Waals surface area contributed by atoms with Gasteiger partial charge in [0.05, 0.1) is 11.1 Å². The standard InChI is InChI=1S/C15H18N4O.ClH/c1-10-8-19(9-11(2)18-10)15(20)12-4-3-5-13-14(12)17-7-6-16-13;/h3-7,10-11,18H,8-9H2,1-2H3;1H. The summed E-state index contributed by atoms with van der Waals surface area (Å²) in [4.78, 5) is 23.2. The fourth-order valence-electron chi connectivity index (χ4n) is 2.83. The predicted octanol–water partition coefficient (Wildman–Crippen LogP) is 1.87. The molecule has 2 heterocycles. The fourth-order valence-corrected chi connectivity index (χ4v) is 2.83. The van der Waals surface area contributed by atoms with Crippen molar-refractivity contribution in [3.8, 4) is 0 Å². The Morgan fingerprint density at radius 1 is 1.19 bits per heavy atom. The maximum Gasteiger partial charge on any atom is 0.256 e. The first-order valence-electron chi connectivity index (χ1n) is 6.90. The SMILES string of the molecule is CC1CN(C(=O)c2cccc3nccnc23)CC(C)N1.Cl. The molecule has 0 aliphatic carbocycles. The third-order valence-electron chi connectivity index (χ3n) is 3.57. The molecule has 0 spiro atoms. The lowest BCUT2D eigenvalue weighted by Crippen LogP contribution is -2.55. The monoisotopic (exact) mass is 306 g/mol. The molecule has 0 saturated carbocycles. The van der Waals surface area contributed by atoms with Crippen LogP contribution >= 0.6 is 12.4 Å². The Labute approximate surface area is 130 Å². The van der Waals surface area contributed by atoms with Gasteiger partial charge in [-0.1, -0.05) is 6.07 Å². The largest absolute Gasteiger partial charge is 0.335 e. The molecule has 1 N–H and O–H groups in total. The summed E-state index contributed by atoms with van der Waals surface area (Å²) in [7, 11) is 0. The van der Waals surface area contributed by atoms with Crippen molar-refractivity contribution in [1.82, 2.24) is 20.2 Å². The molecule has 1 aliphatic heterocycles. The molecule has 1 aliphatic rings. The van der Waals surface area contributed by atoms with Crippen molar-refractivity contribution in [2.24, 2.45) is 0 Å². The maximum atomic E-state index is 12.7. The van der Waals surface area contributed by atoms with Gasteiger partial charge in [0.15, 0.2) is 0 Å². The minimum absolute atomic E-state index is 0. The maximum absolute atomic E-state index is 12.7. The summed E-state index contributed by atoms with van der Waals surface area (Å²) < 4.78 is 0. The number of rotatable bonds is 1. The Morgan fingerprint density at radius 2 is 1.86 bits per heavy atom. The second kappa shape index (κ2) is 6.37. The normalized spacial score (nSPS) is 21.9. The van der Waals surface area contributed by atoms with Gasteiger partial charge in [0, 0.05) is 37.6 Å². The third-order valence-corrected chi connectivity index (χ3v) is 3.57. The number of nitrogens with zero attached hydrogens (tertiary/aromatic N) is 3. The topological polar surface area (TPSA) is 58.1 Å². The summed E-state index contributed by atoms with van der Waals surface area (Å²) in [6.45, 7) is 5.64. The first-order valence-corrected chi connectivity index (χ1v) is 6.90. The highest BCUT2D eigenvalue weighted by Crippen LogP contribution is 2.17. The van der Waals surface area contributed by atoms with Crippen molar-refractivity contribution in [2.75, 3.05) is 13.1 Å². The average molecular weight is 307 g/mol. The van der Waals surface area contributed by atoms with Gasteiger partial charge in [-0.25, -0.2) is 0 Å². The lowest BCUT2D eigenvalue weighted by Gasteiger charge is -2.36. The molecule has 0 radical (unpaired) electrons. The number of benzene rings is 1. The van der Waals surface area contributed by atoms with E-state index < -0.39 is 0 Å². The lowest BCUT2D eigenvalue weighted by atomic mass is 10.1. The van der Waals surface area contributed by atoms with Crippen LogP contribution in [0.4, 0.5) is 0 Å². The fraction of sp³-hybridized carbons (Fsp3) is 0.400. The minimum atomic E-state index is 0. The van der Waals surface area contributed by atoms with Crippen LogP contribution in [0, 0.1) is 0 Å². The van der Waals surface area contributed by atoms with Crippen LogP contribution in [-0.2, 0) is 0 Å². The number of para-hydroxylation sites is 1. The third kappa shape index (κ3) is 3.14. The molecular formula is C15H19ClN4O. The number of amides is 1. The van der Waals surface area contributed by atoms with Crippen molar-refractivity contribution in [3.05, 3.63) is 36.2 Å². The summed E-state index contributed by atoms with van der Waals surface area (Å²) in [6.07, 6.45) is 3.27. The second-order valence-electron chi connectivity index (χ2n) is 5.41. The van der Waals surface area contributed by atoms with Crippen LogP contribution in [0.25, 0.3) is 11.0 Å². The van der Waals surface area contributed by atoms with E-state index in [4.69, 9.17) is 0 Å². The van der Waals surface area contributed by atoms with Crippen LogP contribution < -0.4 is 5.32 Å². The van der Waals surface area contributed by atoms with Gasteiger partial charge in [-0.2, -0.15) is 0 Å². The van der Waals surface area contributed by atoms with E-state index in [1.54, 1.807) is 12.4 Å². The van der Waals surface area contributed by atoms with Gasteiger partial charge in [0.1, 0.15) is 5.52 Å². The lowest BCUT2D eigenvalue weighted by molar-refractivity contribution is 0.0675. The van der Waals surface area contributed by atoms with Crippen molar-refractivity contribution in [3.63, 3.8) is 0 Å². The van der Waals surface area contributed by atoms with Crippen LogP contribution in [-0.4, -0.2) is 45.9 Å². The van der Waals surface area contributed by atoms with Crippen LogP contribution in [0.2, 0.25) is 0 Å². The molecule has 0 bridgehead atoms. The number of carbonyl (C=O) groups excluding carboxylic acids is 1. The molecular weight excluding hydrogens is 288 g/mol. The molecule has 1 aromatic carbocycles. The van der Waals surface area contributed by atoms with Gasteiger partial charge in [-0.3, -0.25) is 14.8 Å². The molecule has 1 aromatic heterocycles. The summed E-state index contributed by atoms with van der Waals surface area (Å²) in [5.74, 6) is 0.0382. The highest BCUT2D eigenvalue weighted by molar-refractivity contribution is 6.04. The van der Waals surface area contributed by atoms with Crippen LogP contribution in [0.3, 0.4) is 0 Å². The Balaban J connectivity index is 0.00000161. The molecule has 1 fully saturated rings. The number of hydrogen-bond acceptors (Lipinski definition) is 4. The number of nitrogens with one attached hydrogen (secondary N) is 1. The van der Waals surface area contributed by atoms with Gasteiger partial charge >= 0.3 is 0 Å². The van der Waals surface area contributed by atoms with Crippen LogP contribution in [0.15, 0.2) is 30.6 Å². The van der Waals surface area contributed by atoms with E-state index in [1.165, 1.54) is 0 Å². The molecule has 3 rings (SSSR count). The van der Waals surface area contributed by atoms with E-state index in [1.807, 2.05) is 23.1 Å². The molecule has 1 amide bonds. The molecule has 2 unspecified atom stereocenters. The van der Waals surface area contributed by atoms with Crippen molar-refractivity contribution >= 4 is 29.3 Å². The Kier molecular flexibility index (Phi) is 4.75. The van der Waals surface area contributed by atoms with Gasteiger partial charge in [0.25, 0.3) is 5.91 Å². The zero-order valence-electron chi connectivity index (χ0n) is 12.1. The smallest absolute Gasteiger partial charge is 0.256 e. The first-order chi connectivity index (χ1) is 9.65. The van der Waals surface area contributed by atoms with Crippen LogP contribution in [0.5, 0.6) is 0 Å². The molecule has 2 atom stereocenters. The van der Waals surface area contributed by atoms with Gasteiger partial charge in [-0.15, -0.1) is 12.4 Å². The Hall–Kier alpha value is -1.72. The number of piperazine rings is 1. The summed E-state index contributed by atoms with van der Waals surface area (Å²) >= 11 is 0. The van der Waals surface area contributed by atoms with Crippen molar-refractivity contribution < 1.29 is 4.79 Å². The van der Waals surface area contributed by atoms with E-state index in [9.17, 15) is 4.79 Å².